The standard InChI is InChI=1S/C16H20N2O2/c17-10-12-3-4-15(14(18)9-12)19-11-13-5-8-16(20-13)6-1-2-7-16/h3-4,9,13H,1-2,5-8,11,18H2. The Hall–Kier alpha value is -1.73. The van der Waals surface area contributed by atoms with E-state index in [1.54, 1.807) is 18.2 Å². The summed E-state index contributed by atoms with van der Waals surface area (Å²) in [6, 6.07) is 7.19. The van der Waals surface area contributed by atoms with Gasteiger partial charge >= 0.3 is 0 Å². The summed E-state index contributed by atoms with van der Waals surface area (Å²) in [6.07, 6.45) is 7.36. The van der Waals surface area contributed by atoms with Crippen LogP contribution < -0.4 is 10.5 Å². The van der Waals surface area contributed by atoms with Crippen molar-refractivity contribution in [2.45, 2.75) is 50.2 Å². The van der Waals surface area contributed by atoms with Crippen molar-refractivity contribution in [3.63, 3.8) is 0 Å². The topological polar surface area (TPSA) is 68.3 Å². The van der Waals surface area contributed by atoms with Crippen molar-refractivity contribution in [3.8, 4) is 11.8 Å². The first-order valence-corrected chi connectivity index (χ1v) is 7.31. The van der Waals surface area contributed by atoms with Gasteiger partial charge in [0, 0.05) is 0 Å². The van der Waals surface area contributed by atoms with E-state index in [0.717, 1.165) is 12.8 Å². The number of rotatable bonds is 3. The summed E-state index contributed by atoms with van der Waals surface area (Å²) in [4.78, 5) is 0. The Labute approximate surface area is 119 Å². The molecule has 1 unspecified atom stereocenters. The van der Waals surface area contributed by atoms with E-state index in [1.165, 1.54) is 25.7 Å². The molecule has 3 rings (SSSR count). The normalized spacial score (nSPS) is 23.9. The van der Waals surface area contributed by atoms with Gasteiger partial charge < -0.3 is 15.2 Å². The van der Waals surface area contributed by atoms with Crippen molar-refractivity contribution in [1.29, 1.82) is 5.26 Å². The smallest absolute Gasteiger partial charge is 0.142 e. The van der Waals surface area contributed by atoms with Gasteiger partial charge in [-0.25, -0.2) is 0 Å². The van der Waals surface area contributed by atoms with Crippen molar-refractivity contribution in [2.24, 2.45) is 0 Å². The van der Waals surface area contributed by atoms with Crippen molar-refractivity contribution in [3.05, 3.63) is 23.8 Å². The molecule has 0 radical (unpaired) electrons. The summed E-state index contributed by atoms with van der Waals surface area (Å²) in [6.45, 7) is 0.540. The molecule has 1 aliphatic carbocycles. The van der Waals surface area contributed by atoms with Gasteiger partial charge in [0.1, 0.15) is 12.4 Å². The molecule has 1 spiro atoms. The van der Waals surface area contributed by atoms with Crippen LogP contribution >= 0.6 is 0 Å². The Kier molecular flexibility index (Phi) is 3.54. The molecule has 20 heavy (non-hydrogen) atoms. The maximum atomic E-state index is 8.81. The third-order valence-corrected chi connectivity index (χ3v) is 4.42. The number of nitrogens with zero attached hydrogens (tertiary/aromatic N) is 1. The van der Waals surface area contributed by atoms with Crippen LogP contribution in [-0.4, -0.2) is 18.3 Å². The predicted molar refractivity (Wildman–Crippen MR) is 76.4 cm³/mol. The van der Waals surface area contributed by atoms with Gasteiger partial charge in [0.15, 0.2) is 0 Å². The quantitative estimate of drug-likeness (QED) is 0.859. The monoisotopic (exact) mass is 272 g/mol. The van der Waals surface area contributed by atoms with Crippen LogP contribution in [0.2, 0.25) is 0 Å². The molecule has 106 valence electrons. The van der Waals surface area contributed by atoms with E-state index >= 15 is 0 Å². The van der Waals surface area contributed by atoms with E-state index in [4.69, 9.17) is 20.5 Å². The molecular formula is C16H20N2O2. The SMILES string of the molecule is N#Cc1ccc(OCC2CCC3(CCCC3)O2)c(N)c1. The fourth-order valence-electron chi connectivity index (χ4n) is 3.33. The fourth-order valence-corrected chi connectivity index (χ4v) is 3.33. The number of ether oxygens (including phenoxy) is 2. The second-order valence-electron chi connectivity index (χ2n) is 5.84. The molecular weight excluding hydrogens is 252 g/mol. The number of nitrogens with two attached hydrogens (primary N) is 1. The van der Waals surface area contributed by atoms with E-state index in [2.05, 4.69) is 6.07 Å². The molecule has 0 aromatic heterocycles. The third-order valence-electron chi connectivity index (χ3n) is 4.42. The van der Waals surface area contributed by atoms with E-state index in [9.17, 15) is 0 Å². The zero-order valence-electron chi connectivity index (χ0n) is 11.6. The maximum Gasteiger partial charge on any atom is 0.142 e. The van der Waals surface area contributed by atoms with Crippen LogP contribution in [0, 0.1) is 11.3 Å². The number of anilines is 1. The van der Waals surface area contributed by atoms with Gasteiger partial charge in [-0.05, 0) is 43.9 Å². The molecule has 1 aromatic carbocycles. The lowest BCUT2D eigenvalue weighted by Crippen LogP contribution is -2.27. The van der Waals surface area contributed by atoms with Crippen molar-refractivity contribution < 1.29 is 9.47 Å². The van der Waals surface area contributed by atoms with Crippen LogP contribution in [-0.2, 0) is 4.74 Å². The summed E-state index contributed by atoms with van der Waals surface area (Å²) in [7, 11) is 0. The van der Waals surface area contributed by atoms with E-state index in [1.807, 2.05) is 0 Å². The molecule has 1 saturated heterocycles. The van der Waals surface area contributed by atoms with E-state index in [0.29, 0.717) is 23.6 Å². The fraction of sp³-hybridized carbons (Fsp3) is 0.562. The van der Waals surface area contributed by atoms with Crippen LogP contribution in [0.1, 0.15) is 44.1 Å². The summed E-state index contributed by atoms with van der Waals surface area (Å²) in [5.41, 5.74) is 7.09. The highest BCUT2D eigenvalue weighted by Gasteiger charge is 2.42. The minimum atomic E-state index is 0.143. The summed E-state index contributed by atoms with van der Waals surface area (Å²) < 4.78 is 12.0. The molecule has 1 aliphatic heterocycles. The zero-order valence-corrected chi connectivity index (χ0v) is 11.6. The second-order valence-corrected chi connectivity index (χ2v) is 5.84. The Morgan fingerprint density at radius 2 is 2.15 bits per heavy atom. The number of hydrogen-bond donors (Lipinski definition) is 1. The van der Waals surface area contributed by atoms with Crippen LogP contribution in [0.25, 0.3) is 0 Å². The van der Waals surface area contributed by atoms with Crippen LogP contribution in [0.5, 0.6) is 5.75 Å². The first-order chi connectivity index (χ1) is 9.71. The van der Waals surface area contributed by atoms with Gasteiger partial charge in [0.2, 0.25) is 0 Å². The Morgan fingerprint density at radius 1 is 1.35 bits per heavy atom. The molecule has 0 amide bonds. The highest BCUT2D eigenvalue weighted by Crippen LogP contribution is 2.43. The summed E-state index contributed by atoms with van der Waals surface area (Å²) >= 11 is 0. The highest BCUT2D eigenvalue weighted by atomic mass is 16.6. The number of hydrogen-bond acceptors (Lipinski definition) is 4. The van der Waals surface area contributed by atoms with Crippen molar-refractivity contribution >= 4 is 5.69 Å². The lowest BCUT2D eigenvalue weighted by atomic mass is 9.98. The lowest BCUT2D eigenvalue weighted by Gasteiger charge is -2.23. The average Bonchev–Trinajstić information content (AvgIpc) is 3.08. The summed E-state index contributed by atoms with van der Waals surface area (Å²) in [5, 5.41) is 8.81. The van der Waals surface area contributed by atoms with E-state index in [-0.39, 0.29) is 11.7 Å². The Morgan fingerprint density at radius 3 is 2.85 bits per heavy atom. The average molecular weight is 272 g/mol. The van der Waals surface area contributed by atoms with Crippen LogP contribution in [0.3, 0.4) is 0 Å². The van der Waals surface area contributed by atoms with Crippen LogP contribution in [0.4, 0.5) is 5.69 Å². The number of benzene rings is 1. The molecule has 4 nitrogen and oxygen atoms in total. The maximum absolute atomic E-state index is 8.81. The first-order valence-electron chi connectivity index (χ1n) is 7.31. The molecule has 2 fully saturated rings. The minimum Gasteiger partial charge on any atom is -0.489 e. The van der Waals surface area contributed by atoms with Crippen molar-refractivity contribution in [2.75, 3.05) is 12.3 Å². The molecule has 1 heterocycles. The zero-order chi connectivity index (χ0) is 14.0. The molecule has 1 aromatic rings. The van der Waals surface area contributed by atoms with Gasteiger partial charge in [0.25, 0.3) is 0 Å². The number of nitrogen functional groups attached to an aromatic ring is 1. The lowest BCUT2D eigenvalue weighted by molar-refractivity contribution is -0.0508. The van der Waals surface area contributed by atoms with Gasteiger partial charge in [0.05, 0.1) is 29.0 Å². The third kappa shape index (κ3) is 2.59. The van der Waals surface area contributed by atoms with Gasteiger partial charge in [-0.2, -0.15) is 5.26 Å². The van der Waals surface area contributed by atoms with Gasteiger partial charge in [-0.3, -0.25) is 0 Å². The van der Waals surface area contributed by atoms with Crippen LogP contribution in [0.15, 0.2) is 18.2 Å². The molecule has 2 aliphatic rings. The highest BCUT2D eigenvalue weighted by molar-refractivity contribution is 5.56. The largest absolute Gasteiger partial charge is 0.489 e. The number of nitriles is 1. The molecule has 0 bridgehead atoms. The Bertz CT molecular complexity index is 530. The van der Waals surface area contributed by atoms with Crippen molar-refractivity contribution in [1.82, 2.24) is 0 Å². The molecule has 2 N–H and O–H groups in total. The van der Waals surface area contributed by atoms with Gasteiger partial charge in [-0.1, -0.05) is 12.8 Å². The van der Waals surface area contributed by atoms with Gasteiger partial charge in [-0.15, -0.1) is 0 Å². The minimum absolute atomic E-state index is 0.143. The first kappa shape index (κ1) is 13.3. The molecule has 1 saturated carbocycles. The predicted octanol–water partition coefficient (Wildman–Crippen LogP) is 3.01. The van der Waals surface area contributed by atoms with E-state index < -0.39 is 0 Å². The second kappa shape index (κ2) is 5.34. The molecule has 1 atom stereocenters. The Balaban J connectivity index is 1.57. The molecule has 4 heteroatoms. The summed E-state index contributed by atoms with van der Waals surface area (Å²) in [5.74, 6) is 0.639.